The number of carbonyl (C=O) groups excluding carboxylic acids is 1. The van der Waals surface area contributed by atoms with Crippen LogP contribution in [-0.4, -0.2) is 25.5 Å². The first-order valence-corrected chi connectivity index (χ1v) is 8.69. The predicted molar refractivity (Wildman–Crippen MR) is 102 cm³/mol. The highest BCUT2D eigenvalue weighted by Crippen LogP contribution is 2.15. The summed E-state index contributed by atoms with van der Waals surface area (Å²) in [4.78, 5) is 14.3. The zero-order chi connectivity index (χ0) is 18.1. The Labute approximate surface area is 150 Å². The molecule has 0 heterocycles. The summed E-state index contributed by atoms with van der Waals surface area (Å²) in [7, 11) is 0. The van der Waals surface area contributed by atoms with Gasteiger partial charge in [0.05, 0.1) is 11.6 Å². The summed E-state index contributed by atoms with van der Waals surface area (Å²) in [6, 6.07) is 17.9. The molecule has 25 heavy (non-hydrogen) atoms. The van der Waals surface area contributed by atoms with Gasteiger partial charge in [0.1, 0.15) is 0 Å². The average molecular weight is 335 g/mol. The van der Waals surface area contributed by atoms with Crippen LogP contribution in [0.4, 0.5) is 5.69 Å². The number of nitrogens with one attached hydrogen (secondary N) is 1. The van der Waals surface area contributed by atoms with Crippen LogP contribution in [0.1, 0.15) is 30.0 Å². The molecule has 0 spiro atoms. The number of likely N-dealkylation sites (N-methyl/N-ethyl adjacent to an activating group) is 1. The highest BCUT2D eigenvalue weighted by Gasteiger charge is 2.06. The fraction of sp³-hybridized carbons (Fsp3) is 0.333. The van der Waals surface area contributed by atoms with E-state index in [1.54, 1.807) is 12.1 Å². The highest BCUT2D eigenvalue weighted by molar-refractivity contribution is 5.76. The van der Waals surface area contributed by atoms with E-state index in [0.29, 0.717) is 24.9 Å². The van der Waals surface area contributed by atoms with Crippen LogP contribution in [0.3, 0.4) is 0 Å². The largest absolute Gasteiger partial charge is 0.370 e. The van der Waals surface area contributed by atoms with Gasteiger partial charge >= 0.3 is 0 Å². The van der Waals surface area contributed by atoms with Crippen LogP contribution < -0.4 is 10.2 Å². The molecular formula is C21H25N3O. The number of anilines is 1. The molecule has 130 valence electrons. The van der Waals surface area contributed by atoms with Crippen LogP contribution >= 0.6 is 0 Å². The summed E-state index contributed by atoms with van der Waals surface area (Å²) in [6.07, 6.45) is 1.15. The second kappa shape index (κ2) is 9.48. The van der Waals surface area contributed by atoms with Crippen molar-refractivity contribution in [3.63, 3.8) is 0 Å². The lowest BCUT2D eigenvalue weighted by Gasteiger charge is -2.23. The predicted octanol–water partition coefficient (Wildman–Crippen LogP) is 3.44. The molecule has 0 aliphatic heterocycles. The molecule has 0 aliphatic rings. The number of nitrogens with zero attached hydrogens (tertiary/aromatic N) is 2. The third-order valence-corrected chi connectivity index (χ3v) is 4.18. The van der Waals surface area contributed by atoms with Gasteiger partial charge in [-0.3, -0.25) is 4.79 Å². The molecule has 2 aromatic carbocycles. The van der Waals surface area contributed by atoms with Crippen molar-refractivity contribution < 1.29 is 4.79 Å². The summed E-state index contributed by atoms with van der Waals surface area (Å²) in [6.45, 7) is 6.54. The monoisotopic (exact) mass is 335 g/mol. The Balaban J connectivity index is 1.74. The van der Waals surface area contributed by atoms with Crippen LogP contribution in [0.15, 0.2) is 48.5 Å². The van der Waals surface area contributed by atoms with E-state index in [0.717, 1.165) is 18.7 Å². The Kier molecular flexibility index (Phi) is 7.03. The number of carbonyl (C=O) groups is 1. The Hall–Kier alpha value is -2.80. The maximum absolute atomic E-state index is 12.0. The Morgan fingerprint density at radius 3 is 2.60 bits per heavy atom. The van der Waals surface area contributed by atoms with Crippen molar-refractivity contribution in [1.29, 1.82) is 5.26 Å². The minimum atomic E-state index is 0.0599. The molecule has 0 atom stereocenters. The number of benzene rings is 2. The zero-order valence-electron chi connectivity index (χ0n) is 15.0. The van der Waals surface area contributed by atoms with Crippen LogP contribution in [0.25, 0.3) is 0 Å². The molecule has 1 N–H and O–H groups in total. The molecule has 4 nitrogen and oxygen atoms in total. The normalized spacial score (nSPS) is 10.1. The van der Waals surface area contributed by atoms with Crippen molar-refractivity contribution in [2.24, 2.45) is 0 Å². The molecule has 4 heteroatoms. The first-order chi connectivity index (χ1) is 12.1. The number of amides is 1. The second-order valence-electron chi connectivity index (χ2n) is 6.08. The van der Waals surface area contributed by atoms with E-state index in [-0.39, 0.29) is 5.91 Å². The summed E-state index contributed by atoms with van der Waals surface area (Å²) < 4.78 is 0. The van der Waals surface area contributed by atoms with Crippen LogP contribution in [-0.2, 0) is 11.2 Å². The minimum absolute atomic E-state index is 0.0599. The molecule has 0 aliphatic carbocycles. The molecule has 0 saturated carbocycles. The van der Waals surface area contributed by atoms with E-state index < -0.39 is 0 Å². The van der Waals surface area contributed by atoms with E-state index in [1.165, 1.54) is 11.3 Å². The van der Waals surface area contributed by atoms with Crippen molar-refractivity contribution in [2.45, 2.75) is 26.7 Å². The van der Waals surface area contributed by atoms with Gasteiger partial charge in [0, 0.05) is 31.7 Å². The number of aryl methyl sites for hydroxylation is 2. The first-order valence-electron chi connectivity index (χ1n) is 8.69. The molecule has 2 rings (SSSR count). The van der Waals surface area contributed by atoms with Crippen molar-refractivity contribution in [3.8, 4) is 6.07 Å². The van der Waals surface area contributed by atoms with E-state index in [4.69, 9.17) is 5.26 Å². The highest BCUT2D eigenvalue weighted by atomic mass is 16.1. The molecular weight excluding hydrogens is 310 g/mol. The molecule has 2 aromatic rings. The van der Waals surface area contributed by atoms with Crippen LogP contribution in [0.2, 0.25) is 0 Å². The molecule has 0 aromatic heterocycles. The molecule has 0 fully saturated rings. The number of hydrogen-bond donors (Lipinski definition) is 1. The van der Waals surface area contributed by atoms with Gasteiger partial charge in [-0.15, -0.1) is 0 Å². The van der Waals surface area contributed by atoms with Gasteiger partial charge in [-0.1, -0.05) is 24.3 Å². The maximum Gasteiger partial charge on any atom is 0.220 e. The Morgan fingerprint density at radius 1 is 1.20 bits per heavy atom. The molecule has 1 amide bonds. The lowest BCUT2D eigenvalue weighted by Crippen LogP contribution is -2.35. The third kappa shape index (κ3) is 5.96. The van der Waals surface area contributed by atoms with Gasteiger partial charge in [0.25, 0.3) is 0 Å². The van der Waals surface area contributed by atoms with E-state index in [1.807, 2.05) is 12.1 Å². The van der Waals surface area contributed by atoms with E-state index in [9.17, 15) is 4.79 Å². The SMILES string of the molecule is CCN(CCNC(=O)CCc1ccc(C#N)cc1)c1cccc(C)c1. The van der Waals surface area contributed by atoms with Gasteiger partial charge in [-0.05, 0) is 55.7 Å². The number of rotatable bonds is 8. The Morgan fingerprint density at radius 2 is 1.96 bits per heavy atom. The fourth-order valence-corrected chi connectivity index (χ4v) is 2.72. The van der Waals surface area contributed by atoms with Crippen molar-refractivity contribution in [1.82, 2.24) is 5.32 Å². The summed E-state index contributed by atoms with van der Waals surface area (Å²) in [5.74, 6) is 0.0599. The first kappa shape index (κ1) is 18.5. The van der Waals surface area contributed by atoms with Gasteiger partial charge in [0.2, 0.25) is 5.91 Å². The van der Waals surface area contributed by atoms with Gasteiger partial charge < -0.3 is 10.2 Å². The smallest absolute Gasteiger partial charge is 0.220 e. The van der Waals surface area contributed by atoms with Crippen LogP contribution in [0, 0.1) is 18.3 Å². The summed E-state index contributed by atoms with van der Waals surface area (Å²) in [5, 5.41) is 11.8. The maximum atomic E-state index is 12.0. The zero-order valence-corrected chi connectivity index (χ0v) is 15.0. The molecule has 0 radical (unpaired) electrons. The van der Waals surface area contributed by atoms with Gasteiger partial charge in [-0.25, -0.2) is 0 Å². The number of hydrogen-bond acceptors (Lipinski definition) is 3. The molecule has 0 saturated heterocycles. The van der Waals surface area contributed by atoms with Gasteiger partial charge in [-0.2, -0.15) is 5.26 Å². The number of nitriles is 1. The van der Waals surface area contributed by atoms with E-state index in [2.05, 4.69) is 54.4 Å². The minimum Gasteiger partial charge on any atom is -0.370 e. The van der Waals surface area contributed by atoms with Crippen molar-refractivity contribution in [3.05, 3.63) is 65.2 Å². The summed E-state index contributed by atoms with van der Waals surface area (Å²) >= 11 is 0. The van der Waals surface area contributed by atoms with E-state index >= 15 is 0 Å². The standard InChI is InChI=1S/C21H25N3O/c1-3-24(20-6-4-5-17(2)15-20)14-13-23-21(25)12-11-18-7-9-19(16-22)10-8-18/h4-10,15H,3,11-14H2,1-2H3,(H,23,25). The fourth-order valence-electron chi connectivity index (χ4n) is 2.72. The molecule has 0 unspecified atom stereocenters. The lowest BCUT2D eigenvalue weighted by atomic mass is 10.1. The summed E-state index contributed by atoms with van der Waals surface area (Å²) in [5.41, 5.74) is 4.14. The Bertz CT molecular complexity index is 732. The second-order valence-corrected chi connectivity index (χ2v) is 6.08. The molecule has 0 bridgehead atoms. The van der Waals surface area contributed by atoms with Gasteiger partial charge in [0.15, 0.2) is 0 Å². The third-order valence-electron chi connectivity index (χ3n) is 4.18. The lowest BCUT2D eigenvalue weighted by molar-refractivity contribution is -0.120. The van der Waals surface area contributed by atoms with Crippen LogP contribution in [0.5, 0.6) is 0 Å². The van der Waals surface area contributed by atoms with Crippen molar-refractivity contribution in [2.75, 3.05) is 24.5 Å². The quantitative estimate of drug-likeness (QED) is 0.804. The van der Waals surface area contributed by atoms with Crippen molar-refractivity contribution >= 4 is 11.6 Å². The average Bonchev–Trinajstić information content (AvgIpc) is 2.64. The topological polar surface area (TPSA) is 56.1 Å².